The number of hydrogen-bond acceptors (Lipinski definition) is 2. The van der Waals surface area contributed by atoms with Crippen molar-refractivity contribution >= 4 is 11.7 Å². The molecule has 2 N–H and O–H groups in total. The van der Waals surface area contributed by atoms with E-state index in [-0.39, 0.29) is 11.7 Å². The van der Waals surface area contributed by atoms with Crippen LogP contribution < -0.4 is 5.32 Å². The molecule has 0 aromatic heterocycles. The van der Waals surface area contributed by atoms with Gasteiger partial charge in [0.1, 0.15) is 11.6 Å². The van der Waals surface area contributed by atoms with Crippen LogP contribution in [0.25, 0.3) is 0 Å². The van der Waals surface area contributed by atoms with Crippen LogP contribution >= 0.6 is 0 Å². The van der Waals surface area contributed by atoms with Crippen molar-refractivity contribution in [2.24, 2.45) is 11.8 Å². The summed E-state index contributed by atoms with van der Waals surface area (Å²) in [4.78, 5) is 10.8. The molecule has 3 atom stereocenters. The maximum absolute atomic E-state index is 13.6. The maximum Gasteiger partial charge on any atom is 0.338 e. The first kappa shape index (κ1) is 11.4. The highest BCUT2D eigenvalue weighted by molar-refractivity contribution is 5.89. The minimum atomic E-state index is -1.38. The zero-order chi connectivity index (χ0) is 12.9. The van der Waals surface area contributed by atoms with Crippen LogP contribution in [0.15, 0.2) is 12.1 Å². The summed E-state index contributed by atoms with van der Waals surface area (Å²) in [5.41, 5.74) is -0.407. The van der Waals surface area contributed by atoms with E-state index in [0.717, 1.165) is 31.2 Å². The van der Waals surface area contributed by atoms with Crippen LogP contribution in [0, 0.1) is 23.5 Å². The van der Waals surface area contributed by atoms with Crippen LogP contribution in [0.3, 0.4) is 0 Å². The Kier molecular flexibility index (Phi) is 2.50. The molecular weight excluding hydrogens is 240 g/mol. The van der Waals surface area contributed by atoms with E-state index < -0.39 is 23.2 Å². The SMILES string of the molecule is O=C(O)c1cc(NC2CC[C@H]3C[C@@H]23)c(F)cc1F. The Bertz CT molecular complexity index is 518. The standard InChI is InChI=1S/C13H13F2NO2/c14-9-5-10(15)12(4-8(9)13(17)18)16-11-2-1-6-3-7(6)11/h4-7,11,16H,1-3H2,(H,17,18)/t6-,7+,11?/m0/s1. The van der Waals surface area contributed by atoms with Crippen LogP contribution in [0.4, 0.5) is 14.5 Å². The van der Waals surface area contributed by atoms with E-state index in [4.69, 9.17) is 5.11 Å². The van der Waals surface area contributed by atoms with Crippen LogP contribution in [-0.4, -0.2) is 17.1 Å². The molecule has 2 fully saturated rings. The first-order chi connectivity index (χ1) is 8.56. The number of benzene rings is 1. The lowest BCUT2D eigenvalue weighted by Gasteiger charge is -2.17. The number of hydrogen-bond donors (Lipinski definition) is 2. The third-order valence-corrected chi connectivity index (χ3v) is 3.97. The lowest BCUT2D eigenvalue weighted by molar-refractivity contribution is 0.0692. The molecule has 18 heavy (non-hydrogen) atoms. The summed E-state index contributed by atoms with van der Waals surface area (Å²) >= 11 is 0. The van der Waals surface area contributed by atoms with E-state index in [1.807, 2.05) is 0 Å². The minimum Gasteiger partial charge on any atom is -0.478 e. The second-order valence-electron chi connectivity index (χ2n) is 5.10. The van der Waals surface area contributed by atoms with Crippen LogP contribution in [0.5, 0.6) is 0 Å². The molecule has 1 aromatic rings. The topological polar surface area (TPSA) is 49.3 Å². The number of anilines is 1. The van der Waals surface area contributed by atoms with Gasteiger partial charge in [0.25, 0.3) is 0 Å². The predicted molar refractivity (Wildman–Crippen MR) is 61.6 cm³/mol. The van der Waals surface area contributed by atoms with E-state index >= 15 is 0 Å². The molecule has 0 bridgehead atoms. The first-order valence-corrected chi connectivity index (χ1v) is 6.05. The van der Waals surface area contributed by atoms with Gasteiger partial charge in [-0.15, -0.1) is 0 Å². The van der Waals surface area contributed by atoms with Gasteiger partial charge in [0.2, 0.25) is 0 Å². The summed E-state index contributed by atoms with van der Waals surface area (Å²) in [5.74, 6) is -1.85. The van der Waals surface area contributed by atoms with Crippen molar-refractivity contribution in [3.05, 3.63) is 29.3 Å². The highest BCUT2D eigenvalue weighted by Gasteiger charge is 2.48. The molecular formula is C13H13F2NO2. The normalized spacial score (nSPS) is 28.9. The summed E-state index contributed by atoms with van der Waals surface area (Å²) in [6.45, 7) is 0. The van der Waals surface area contributed by atoms with Gasteiger partial charge >= 0.3 is 5.97 Å². The Morgan fingerprint density at radius 1 is 1.28 bits per heavy atom. The number of halogens is 2. The van der Waals surface area contributed by atoms with Crippen molar-refractivity contribution in [1.82, 2.24) is 0 Å². The predicted octanol–water partition coefficient (Wildman–Crippen LogP) is 2.87. The van der Waals surface area contributed by atoms with Gasteiger partial charge in [-0.05, 0) is 37.2 Å². The highest BCUT2D eigenvalue weighted by Crippen LogP contribution is 2.52. The average molecular weight is 253 g/mol. The lowest BCUT2D eigenvalue weighted by Crippen LogP contribution is -2.20. The molecule has 5 heteroatoms. The summed E-state index contributed by atoms with van der Waals surface area (Å²) in [7, 11) is 0. The Morgan fingerprint density at radius 3 is 2.61 bits per heavy atom. The third kappa shape index (κ3) is 1.83. The van der Waals surface area contributed by atoms with Gasteiger partial charge in [0.05, 0.1) is 11.3 Å². The zero-order valence-corrected chi connectivity index (χ0v) is 9.62. The summed E-state index contributed by atoms with van der Waals surface area (Å²) in [6.07, 6.45) is 3.26. The number of carboxylic acids is 1. The van der Waals surface area contributed by atoms with Gasteiger partial charge in [-0.3, -0.25) is 0 Å². The highest BCUT2D eigenvalue weighted by atomic mass is 19.1. The van der Waals surface area contributed by atoms with Gasteiger partial charge in [-0.25, -0.2) is 13.6 Å². The maximum atomic E-state index is 13.6. The van der Waals surface area contributed by atoms with E-state index in [0.29, 0.717) is 12.0 Å². The van der Waals surface area contributed by atoms with Gasteiger partial charge in [0, 0.05) is 12.1 Å². The van der Waals surface area contributed by atoms with Crippen molar-refractivity contribution < 1.29 is 18.7 Å². The fourth-order valence-corrected chi connectivity index (χ4v) is 2.91. The van der Waals surface area contributed by atoms with Crippen LogP contribution in [0.1, 0.15) is 29.6 Å². The monoisotopic (exact) mass is 253 g/mol. The van der Waals surface area contributed by atoms with Crippen molar-refractivity contribution in [2.45, 2.75) is 25.3 Å². The smallest absolute Gasteiger partial charge is 0.338 e. The van der Waals surface area contributed by atoms with Gasteiger partial charge in [0.15, 0.2) is 0 Å². The molecule has 0 amide bonds. The van der Waals surface area contributed by atoms with Crippen molar-refractivity contribution in [3.8, 4) is 0 Å². The third-order valence-electron chi connectivity index (χ3n) is 3.97. The number of carbonyl (C=O) groups is 1. The van der Waals surface area contributed by atoms with Crippen molar-refractivity contribution in [1.29, 1.82) is 0 Å². The minimum absolute atomic E-state index is 0.0892. The molecule has 2 aliphatic carbocycles. The Hall–Kier alpha value is -1.65. The Morgan fingerprint density at radius 2 is 2.06 bits per heavy atom. The molecule has 96 valence electrons. The van der Waals surface area contributed by atoms with E-state index in [1.165, 1.54) is 0 Å². The van der Waals surface area contributed by atoms with E-state index in [1.54, 1.807) is 0 Å². The molecule has 0 aliphatic heterocycles. The fourth-order valence-electron chi connectivity index (χ4n) is 2.91. The molecule has 2 aliphatic rings. The summed E-state index contributed by atoms with van der Waals surface area (Å²) < 4.78 is 26.8. The van der Waals surface area contributed by atoms with Gasteiger partial charge in [-0.1, -0.05) is 0 Å². The second-order valence-corrected chi connectivity index (χ2v) is 5.10. The second kappa shape index (κ2) is 3.93. The molecule has 0 saturated heterocycles. The number of nitrogens with one attached hydrogen (secondary N) is 1. The molecule has 3 nitrogen and oxygen atoms in total. The molecule has 1 unspecified atom stereocenters. The number of rotatable bonds is 3. The molecule has 0 spiro atoms. The van der Waals surface area contributed by atoms with Crippen LogP contribution in [-0.2, 0) is 0 Å². The van der Waals surface area contributed by atoms with Crippen molar-refractivity contribution in [2.75, 3.05) is 5.32 Å². The van der Waals surface area contributed by atoms with Crippen LogP contribution in [0.2, 0.25) is 0 Å². The number of carboxylic acid groups (broad SMARTS) is 1. The summed E-state index contributed by atoms with van der Waals surface area (Å²) in [5, 5.41) is 11.8. The van der Waals surface area contributed by atoms with Crippen molar-refractivity contribution in [3.63, 3.8) is 0 Å². The quantitative estimate of drug-likeness (QED) is 0.870. The zero-order valence-electron chi connectivity index (χ0n) is 9.62. The lowest BCUT2D eigenvalue weighted by atomic mass is 10.1. The molecule has 3 rings (SSSR count). The average Bonchev–Trinajstić information content (AvgIpc) is 2.98. The molecule has 0 radical (unpaired) electrons. The molecule has 2 saturated carbocycles. The van der Waals surface area contributed by atoms with Gasteiger partial charge in [-0.2, -0.15) is 0 Å². The van der Waals surface area contributed by atoms with E-state index in [2.05, 4.69) is 5.32 Å². The summed E-state index contributed by atoms with van der Waals surface area (Å²) in [6, 6.07) is 1.87. The molecule has 1 aromatic carbocycles. The number of fused-ring (bicyclic) bond motifs is 1. The molecule has 0 heterocycles. The van der Waals surface area contributed by atoms with Gasteiger partial charge < -0.3 is 10.4 Å². The Labute approximate surface area is 103 Å². The largest absolute Gasteiger partial charge is 0.478 e. The first-order valence-electron chi connectivity index (χ1n) is 6.05. The fraction of sp³-hybridized carbons (Fsp3) is 0.462. The number of aromatic carboxylic acids is 1. The Balaban J connectivity index is 1.86. The van der Waals surface area contributed by atoms with E-state index in [9.17, 15) is 13.6 Å².